The first-order valence-corrected chi connectivity index (χ1v) is 5.01. The zero-order chi connectivity index (χ0) is 8.70. The van der Waals surface area contributed by atoms with Crippen molar-refractivity contribution in [3.8, 4) is 0 Å². The van der Waals surface area contributed by atoms with E-state index in [4.69, 9.17) is 5.11 Å². The lowest BCUT2D eigenvalue weighted by Crippen LogP contribution is -2.39. The van der Waals surface area contributed by atoms with Gasteiger partial charge in [-0.3, -0.25) is 4.79 Å². The molecule has 0 amide bonds. The molecule has 1 N–H and O–H groups in total. The Hall–Kier alpha value is -0.580. The van der Waals surface area contributed by atoms with Crippen LogP contribution in [0.25, 0.3) is 0 Å². The molecule has 4 nitrogen and oxygen atoms in total. The molecule has 0 aromatic heterocycles. The quantitative estimate of drug-likeness (QED) is 0.615. The minimum atomic E-state index is -3.39. The number of carboxylic acid groups (broad SMARTS) is 1. The summed E-state index contributed by atoms with van der Waals surface area (Å²) in [4.78, 5) is 10.6. The minimum Gasteiger partial charge on any atom is -0.480 e. The SMILES string of the molecule is CC1(C(=O)O)CCCS1(=O)=O. The fourth-order valence-electron chi connectivity index (χ4n) is 1.22. The highest BCUT2D eigenvalue weighted by Gasteiger charge is 2.49. The standard InChI is InChI=1S/C6H10O4S/c1-6(5(7)8)3-2-4-11(6,9)10/h2-4H2,1H3,(H,7,8). The number of carbonyl (C=O) groups is 1. The van der Waals surface area contributed by atoms with E-state index >= 15 is 0 Å². The first-order valence-electron chi connectivity index (χ1n) is 3.36. The maximum atomic E-state index is 11.1. The third-order valence-corrected chi connectivity index (χ3v) is 4.78. The van der Waals surface area contributed by atoms with Gasteiger partial charge in [0, 0.05) is 0 Å². The Morgan fingerprint density at radius 3 is 2.27 bits per heavy atom. The second-order valence-electron chi connectivity index (χ2n) is 2.96. The van der Waals surface area contributed by atoms with Crippen molar-refractivity contribution in [1.82, 2.24) is 0 Å². The molecule has 5 heteroatoms. The van der Waals surface area contributed by atoms with Crippen LogP contribution in [0.3, 0.4) is 0 Å². The first kappa shape index (κ1) is 8.52. The molecule has 11 heavy (non-hydrogen) atoms. The molecule has 0 aliphatic carbocycles. The van der Waals surface area contributed by atoms with Crippen LogP contribution in [0.1, 0.15) is 19.8 Å². The lowest BCUT2D eigenvalue weighted by molar-refractivity contribution is -0.139. The van der Waals surface area contributed by atoms with E-state index in [1.165, 1.54) is 6.92 Å². The lowest BCUT2D eigenvalue weighted by Gasteiger charge is -2.15. The van der Waals surface area contributed by atoms with Crippen molar-refractivity contribution < 1.29 is 18.3 Å². The fraction of sp³-hybridized carbons (Fsp3) is 0.833. The molecule has 1 aliphatic heterocycles. The molecule has 64 valence electrons. The predicted octanol–water partition coefficient (Wildman–Crippen LogP) is 0.0383. The Bertz CT molecular complexity index is 279. The van der Waals surface area contributed by atoms with Gasteiger partial charge in [-0.05, 0) is 19.8 Å². The van der Waals surface area contributed by atoms with Gasteiger partial charge in [-0.2, -0.15) is 0 Å². The van der Waals surface area contributed by atoms with Crippen molar-refractivity contribution in [2.75, 3.05) is 5.75 Å². The maximum Gasteiger partial charge on any atom is 0.324 e. The molecular formula is C6H10O4S. The van der Waals surface area contributed by atoms with Gasteiger partial charge in [-0.1, -0.05) is 0 Å². The molecule has 0 bridgehead atoms. The summed E-state index contributed by atoms with van der Waals surface area (Å²) < 4.78 is 20.8. The summed E-state index contributed by atoms with van der Waals surface area (Å²) >= 11 is 0. The van der Waals surface area contributed by atoms with E-state index in [-0.39, 0.29) is 12.2 Å². The van der Waals surface area contributed by atoms with Crippen molar-refractivity contribution >= 4 is 15.8 Å². The molecule has 1 atom stereocenters. The summed E-state index contributed by atoms with van der Waals surface area (Å²) in [7, 11) is -3.39. The number of rotatable bonds is 1. The number of aliphatic carboxylic acids is 1. The first-order chi connectivity index (χ1) is 4.90. The highest BCUT2D eigenvalue weighted by atomic mass is 32.2. The monoisotopic (exact) mass is 178 g/mol. The van der Waals surface area contributed by atoms with Crippen molar-refractivity contribution in [3.05, 3.63) is 0 Å². The Morgan fingerprint density at radius 1 is 1.55 bits per heavy atom. The van der Waals surface area contributed by atoms with Crippen LogP contribution in [-0.2, 0) is 14.6 Å². The average molecular weight is 178 g/mol. The molecule has 1 rings (SSSR count). The maximum absolute atomic E-state index is 11.1. The summed E-state index contributed by atoms with van der Waals surface area (Å²) in [5.74, 6) is -1.22. The Labute approximate surface area is 65.1 Å². The highest BCUT2D eigenvalue weighted by Crippen LogP contribution is 2.31. The zero-order valence-corrected chi connectivity index (χ0v) is 7.02. The van der Waals surface area contributed by atoms with Gasteiger partial charge in [0.05, 0.1) is 5.75 Å². The van der Waals surface area contributed by atoms with Crippen LogP contribution < -0.4 is 0 Å². The van der Waals surface area contributed by atoms with Gasteiger partial charge in [-0.25, -0.2) is 8.42 Å². The van der Waals surface area contributed by atoms with Gasteiger partial charge in [0.2, 0.25) is 0 Å². The molecule has 1 unspecified atom stereocenters. The van der Waals surface area contributed by atoms with Crippen LogP contribution >= 0.6 is 0 Å². The number of hydrogen-bond acceptors (Lipinski definition) is 3. The average Bonchev–Trinajstić information content (AvgIpc) is 2.09. The van der Waals surface area contributed by atoms with E-state index in [1.807, 2.05) is 0 Å². The third kappa shape index (κ3) is 1.03. The van der Waals surface area contributed by atoms with Gasteiger partial charge in [0.15, 0.2) is 14.6 Å². The van der Waals surface area contributed by atoms with Gasteiger partial charge >= 0.3 is 5.97 Å². The number of hydrogen-bond donors (Lipinski definition) is 1. The third-order valence-electron chi connectivity index (χ3n) is 2.21. The molecule has 0 spiro atoms. The zero-order valence-electron chi connectivity index (χ0n) is 6.20. The highest BCUT2D eigenvalue weighted by molar-refractivity contribution is 7.93. The topological polar surface area (TPSA) is 71.4 Å². The van der Waals surface area contributed by atoms with E-state index in [2.05, 4.69) is 0 Å². The van der Waals surface area contributed by atoms with Crippen molar-refractivity contribution in [2.24, 2.45) is 0 Å². The fourth-order valence-corrected chi connectivity index (χ4v) is 2.92. The van der Waals surface area contributed by atoms with Crippen molar-refractivity contribution in [3.63, 3.8) is 0 Å². The number of carboxylic acids is 1. The molecule has 0 radical (unpaired) electrons. The molecular weight excluding hydrogens is 168 g/mol. The van der Waals surface area contributed by atoms with Crippen LogP contribution in [0.15, 0.2) is 0 Å². The summed E-state index contributed by atoms with van der Waals surface area (Å²) in [6, 6.07) is 0. The van der Waals surface area contributed by atoms with E-state index < -0.39 is 20.6 Å². The summed E-state index contributed by atoms with van der Waals surface area (Å²) in [6.45, 7) is 1.28. The number of sulfone groups is 1. The van der Waals surface area contributed by atoms with E-state index in [0.717, 1.165) is 0 Å². The molecule has 1 heterocycles. The van der Waals surface area contributed by atoms with Gasteiger partial charge < -0.3 is 5.11 Å². The van der Waals surface area contributed by atoms with Crippen LogP contribution in [0, 0.1) is 0 Å². The molecule has 1 fully saturated rings. The smallest absolute Gasteiger partial charge is 0.324 e. The van der Waals surface area contributed by atoms with Crippen LogP contribution in [0.2, 0.25) is 0 Å². The Morgan fingerprint density at radius 2 is 2.09 bits per heavy atom. The second-order valence-corrected chi connectivity index (χ2v) is 5.50. The Kier molecular flexibility index (Phi) is 1.70. The van der Waals surface area contributed by atoms with Crippen LogP contribution in [-0.4, -0.2) is 30.0 Å². The minimum absolute atomic E-state index is 0.00972. The normalized spacial score (nSPS) is 35.4. The van der Waals surface area contributed by atoms with Crippen molar-refractivity contribution in [2.45, 2.75) is 24.5 Å². The molecule has 0 aromatic rings. The van der Waals surface area contributed by atoms with Gasteiger partial charge in [0.25, 0.3) is 0 Å². The van der Waals surface area contributed by atoms with E-state index in [1.54, 1.807) is 0 Å². The molecule has 0 saturated carbocycles. The molecule has 0 aromatic carbocycles. The molecule has 1 saturated heterocycles. The van der Waals surface area contributed by atoms with Gasteiger partial charge in [-0.15, -0.1) is 0 Å². The summed E-state index contributed by atoms with van der Waals surface area (Å²) in [5, 5.41) is 8.63. The van der Waals surface area contributed by atoms with E-state index in [0.29, 0.717) is 6.42 Å². The largest absolute Gasteiger partial charge is 0.480 e. The van der Waals surface area contributed by atoms with Crippen LogP contribution in [0.4, 0.5) is 0 Å². The Balaban J connectivity index is 3.14. The summed E-state index contributed by atoms with van der Waals surface area (Å²) in [5.41, 5.74) is 0. The van der Waals surface area contributed by atoms with Gasteiger partial charge in [0.1, 0.15) is 0 Å². The molecule has 1 aliphatic rings. The lowest BCUT2D eigenvalue weighted by atomic mass is 10.1. The van der Waals surface area contributed by atoms with Crippen LogP contribution in [0.5, 0.6) is 0 Å². The summed E-state index contributed by atoms with van der Waals surface area (Å²) in [6.07, 6.45) is 0.704. The predicted molar refractivity (Wildman–Crippen MR) is 39.1 cm³/mol. The van der Waals surface area contributed by atoms with E-state index in [9.17, 15) is 13.2 Å². The second kappa shape index (κ2) is 2.20. The van der Waals surface area contributed by atoms with Crippen molar-refractivity contribution in [1.29, 1.82) is 0 Å².